The number of carbonyl (C=O) groups is 1. The number of hydrogen-bond donors (Lipinski definition) is 2. The van der Waals surface area contributed by atoms with Crippen molar-refractivity contribution in [2.45, 2.75) is 6.92 Å². The molecule has 70 valence electrons. The third-order valence-electron chi connectivity index (χ3n) is 1.49. The molecular weight excluding hydrogens is 234 g/mol. The number of anilines is 1. The summed E-state index contributed by atoms with van der Waals surface area (Å²) in [5, 5.41) is 2.59. The minimum absolute atomic E-state index is 0.0306. The number of nitrogens with two attached hydrogens (primary N) is 1. The van der Waals surface area contributed by atoms with Crippen molar-refractivity contribution in [2.75, 3.05) is 11.9 Å². The summed E-state index contributed by atoms with van der Waals surface area (Å²) in [5.41, 5.74) is 6.05. The number of rotatable bonds is 2. The van der Waals surface area contributed by atoms with Gasteiger partial charge in [-0.25, -0.2) is 4.98 Å². The van der Waals surface area contributed by atoms with Crippen LogP contribution < -0.4 is 11.1 Å². The van der Waals surface area contributed by atoms with E-state index in [1.54, 1.807) is 6.20 Å². The van der Waals surface area contributed by atoms with E-state index in [-0.39, 0.29) is 12.5 Å². The van der Waals surface area contributed by atoms with Crippen molar-refractivity contribution in [3.8, 4) is 0 Å². The average Bonchev–Trinajstić information content (AvgIpc) is 2.09. The molecule has 0 aromatic carbocycles. The van der Waals surface area contributed by atoms with E-state index in [0.717, 1.165) is 10.0 Å². The maximum atomic E-state index is 10.9. The Kier molecular flexibility index (Phi) is 3.39. The summed E-state index contributed by atoms with van der Waals surface area (Å²) in [6.07, 6.45) is 1.62. The van der Waals surface area contributed by atoms with Gasteiger partial charge in [-0.1, -0.05) is 0 Å². The molecule has 1 rings (SSSR count). The van der Waals surface area contributed by atoms with Gasteiger partial charge in [-0.3, -0.25) is 4.79 Å². The fourth-order valence-corrected chi connectivity index (χ4v) is 1.30. The predicted octanol–water partition coefficient (Wildman–Crippen LogP) is 1.05. The summed E-state index contributed by atoms with van der Waals surface area (Å²) in [4.78, 5) is 15.0. The minimum atomic E-state index is -0.238. The first-order chi connectivity index (χ1) is 6.13. The van der Waals surface area contributed by atoms with Crippen molar-refractivity contribution in [1.82, 2.24) is 4.98 Å². The van der Waals surface area contributed by atoms with E-state index in [1.165, 1.54) is 0 Å². The van der Waals surface area contributed by atoms with E-state index >= 15 is 0 Å². The quantitative estimate of drug-likeness (QED) is 0.816. The van der Waals surface area contributed by atoms with Crippen molar-refractivity contribution in [3.63, 3.8) is 0 Å². The van der Waals surface area contributed by atoms with Crippen LogP contribution in [0.4, 0.5) is 5.82 Å². The summed E-state index contributed by atoms with van der Waals surface area (Å²) in [5.74, 6) is 0.316. The van der Waals surface area contributed by atoms with E-state index in [2.05, 4.69) is 26.2 Å². The lowest BCUT2D eigenvalue weighted by atomic mass is 10.3. The topological polar surface area (TPSA) is 68.0 Å². The zero-order chi connectivity index (χ0) is 9.84. The zero-order valence-electron chi connectivity index (χ0n) is 7.17. The summed E-state index contributed by atoms with van der Waals surface area (Å²) < 4.78 is 0.885. The lowest BCUT2D eigenvalue weighted by Crippen LogP contribution is -2.22. The average molecular weight is 244 g/mol. The Bertz CT molecular complexity index is 327. The molecule has 0 aliphatic heterocycles. The Morgan fingerprint density at radius 3 is 3.00 bits per heavy atom. The van der Waals surface area contributed by atoms with Crippen LogP contribution in [0.25, 0.3) is 0 Å². The van der Waals surface area contributed by atoms with Gasteiger partial charge in [0.05, 0.1) is 6.54 Å². The van der Waals surface area contributed by atoms with Crippen LogP contribution in [0.5, 0.6) is 0 Å². The molecule has 1 heterocycles. The van der Waals surface area contributed by atoms with Gasteiger partial charge < -0.3 is 11.1 Å². The van der Waals surface area contributed by atoms with Crippen LogP contribution in [0, 0.1) is 6.92 Å². The molecule has 0 fully saturated rings. The first kappa shape index (κ1) is 10.1. The van der Waals surface area contributed by atoms with E-state index < -0.39 is 0 Å². The Morgan fingerprint density at radius 1 is 1.77 bits per heavy atom. The molecule has 0 spiro atoms. The Balaban J connectivity index is 2.83. The number of nitrogens with zero attached hydrogens (tertiary/aromatic N) is 1. The Labute approximate surface area is 84.7 Å². The predicted molar refractivity (Wildman–Crippen MR) is 54.4 cm³/mol. The summed E-state index contributed by atoms with van der Waals surface area (Å²) in [7, 11) is 0. The monoisotopic (exact) mass is 243 g/mol. The largest absolute Gasteiger partial charge is 0.322 e. The Hall–Kier alpha value is -0.940. The van der Waals surface area contributed by atoms with Crippen molar-refractivity contribution in [3.05, 3.63) is 22.3 Å². The van der Waals surface area contributed by atoms with Gasteiger partial charge >= 0.3 is 0 Å². The third kappa shape index (κ3) is 2.78. The van der Waals surface area contributed by atoms with Gasteiger partial charge in [-0.2, -0.15) is 0 Å². The maximum Gasteiger partial charge on any atom is 0.239 e. The van der Waals surface area contributed by atoms with Crippen LogP contribution in [0.15, 0.2) is 16.7 Å². The first-order valence-corrected chi connectivity index (χ1v) is 4.55. The lowest BCUT2D eigenvalue weighted by molar-refractivity contribution is -0.114. The molecule has 5 heteroatoms. The van der Waals surface area contributed by atoms with Crippen LogP contribution in [-0.2, 0) is 4.79 Å². The molecule has 0 unspecified atom stereocenters. The number of aromatic nitrogens is 1. The number of pyridine rings is 1. The highest BCUT2D eigenvalue weighted by Crippen LogP contribution is 2.16. The maximum absolute atomic E-state index is 10.9. The van der Waals surface area contributed by atoms with Crippen molar-refractivity contribution < 1.29 is 4.79 Å². The summed E-state index contributed by atoms with van der Waals surface area (Å²) in [6.45, 7) is 1.83. The van der Waals surface area contributed by atoms with Gasteiger partial charge in [0.25, 0.3) is 0 Å². The fraction of sp³-hybridized carbons (Fsp3) is 0.250. The van der Waals surface area contributed by atoms with Crippen LogP contribution in [0.3, 0.4) is 0 Å². The summed E-state index contributed by atoms with van der Waals surface area (Å²) in [6, 6.07) is 1.87. The van der Waals surface area contributed by atoms with Gasteiger partial charge in [0.15, 0.2) is 0 Å². The number of nitrogens with one attached hydrogen (secondary N) is 1. The van der Waals surface area contributed by atoms with Gasteiger partial charge in [0.1, 0.15) is 5.82 Å². The highest BCUT2D eigenvalue weighted by molar-refractivity contribution is 9.10. The molecule has 3 N–H and O–H groups in total. The lowest BCUT2D eigenvalue weighted by Gasteiger charge is -2.05. The number of carbonyl (C=O) groups excluding carboxylic acids is 1. The highest BCUT2D eigenvalue weighted by atomic mass is 79.9. The van der Waals surface area contributed by atoms with Crippen molar-refractivity contribution in [2.24, 2.45) is 5.73 Å². The Morgan fingerprint density at radius 2 is 2.46 bits per heavy atom. The normalized spacial score (nSPS) is 9.77. The summed E-state index contributed by atoms with van der Waals surface area (Å²) >= 11 is 3.28. The molecular formula is C8H10BrN3O. The molecule has 4 nitrogen and oxygen atoms in total. The van der Waals surface area contributed by atoms with Crippen LogP contribution in [0.1, 0.15) is 5.56 Å². The van der Waals surface area contributed by atoms with Gasteiger partial charge in [0, 0.05) is 10.7 Å². The second-order valence-corrected chi connectivity index (χ2v) is 3.49. The molecule has 0 radical (unpaired) electrons. The van der Waals surface area contributed by atoms with E-state index in [1.807, 2.05) is 13.0 Å². The van der Waals surface area contributed by atoms with Gasteiger partial charge in [0.2, 0.25) is 5.91 Å². The molecule has 1 aromatic heterocycles. The van der Waals surface area contributed by atoms with E-state index in [4.69, 9.17) is 5.73 Å². The smallest absolute Gasteiger partial charge is 0.239 e. The number of hydrogen-bond acceptors (Lipinski definition) is 3. The molecule has 1 amide bonds. The minimum Gasteiger partial charge on any atom is -0.322 e. The molecule has 0 aliphatic carbocycles. The van der Waals surface area contributed by atoms with E-state index in [0.29, 0.717) is 5.82 Å². The molecule has 0 bridgehead atoms. The molecule has 1 aromatic rings. The zero-order valence-corrected chi connectivity index (χ0v) is 8.76. The van der Waals surface area contributed by atoms with Gasteiger partial charge in [-0.15, -0.1) is 0 Å². The van der Waals surface area contributed by atoms with E-state index in [9.17, 15) is 4.79 Å². The first-order valence-electron chi connectivity index (χ1n) is 3.75. The third-order valence-corrected chi connectivity index (χ3v) is 1.92. The number of aryl methyl sites for hydroxylation is 1. The molecule has 0 saturated carbocycles. The SMILES string of the molecule is Cc1cc(Br)cnc1NC(=O)CN. The number of amides is 1. The highest BCUT2D eigenvalue weighted by Gasteiger charge is 2.03. The molecule has 0 saturated heterocycles. The van der Waals surface area contributed by atoms with Crippen LogP contribution in [-0.4, -0.2) is 17.4 Å². The standard InChI is InChI=1S/C8H10BrN3O/c1-5-2-6(9)4-11-8(5)12-7(13)3-10/h2,4H,3,10H2,1H3,(H,11,12,13). The molecule has 13 heavy (non-hydrogen) atoms. The van der Waals surface area contributed by atoms with Crippen LogP contribution in [0.2, 0.25) is 0 Å². The number of halogens is 1. The van der Waals surface area contributed by atoms with Crippen molar-refractivity contribution in [1.29, 1.82) is 0 Å². The van der Waals surface area contributed by atoms with Crippen molar-refractivity contribution >= 4 is 27.7 Å². The fourth-order valence-electron chi connectivity index (χ4n) is 0.854. The van der Waals surface area contributed by atoms with Crippen LogP contribution >= 0.6 is 15.9 Å². The van der Waals surface area contributed by atoms with Gasteiger partial charge in [-0.05, 0) is 34.5 Å². The second kappa shape index (κ2) is 4.34. The molecule has 0 aliphatic rings. The molecule has 0 atom stereocenters. The second-order valence-electron chi connectivity index (χ2n) is 2.57.